The molecule has 0 aliphatic carbocycles. The zero-order valence-electron chi connectivity index (χ0n) is 10.3. The number of aromatic nitrogens is 4. The van der Waals surface area contributed by atoms with Crippen molar-refractivity contribution in [2.75, 3.05) is 5.06 Å². The number of nitrogens with one attached hydrogen (secondary N) is 1. The Labute approximate surface area is 115 Å². The summed E-state index contributed by atoms with van der Waals surface area (Å²) in [4.78, 5) is 22.6. The lowest BCUT2D eigenvalue weighted by molar-refractivity contribution is 0.190. The average molecular weight is 285 g/mol. The van der Waals surface area contributed by atoms with E-state index in [0.29, 0.717) is 16.2 Å². The van der Waals surface area contributed by atoms with Crippen molar-refractivity contribution in [3.63, 3.8) is 0 Å². The molecule has 0 fully saturated rings. The summed E-state index contributed by atoms with van der Waals surface area (Å²) in [5.41, 5.74) is 7.11. The van der Waals surface area contributed by atoms with E-state index in [9.17, 15) is 5.21 Å². The number of hydrogen-bond donors (Lipinski definition) is 3. The summed E-state index contributed by atoms with van der Waals surface area (Å²) in [5, 5.41) is 21.9. The third-order valence-corrected chi connectivity index (χ3v) is 2.95. The minimum Gasteiger partial charge on any atom is -0.319 e. The van der Waals surface area contributed by atoms with Gasteiger partial charge in [0.25, 0.3) is 5.79 Å². The smallest absolute Gasteiger partial charge is 0.261 e. The van der Waals surface area contributed by atoms with Crippen LogP contribution in [-0.2, 0) is 0 Å². The molecule has 12 heteroatoms. The molecule has 2 aromatic rings. The van der Waals surface area contributed by atoms with Gasteiger partial charge in [-0.05, 0) is 5.22 Å². The molecule has 2 aliphatic rings. The van der Waals surface area contributed by atoms with Crippen molar-refractivity contribution in [1.29, 1.82) is 0 Å². The number of anilines is 1. The van der Waals surface area contributed by atoms with E-state index in [1.54, 1.807) is 0 Å². The second kappa shape index (κ2) is 3.94. The number of fused-ring (bicyclic) bond motifs is 2. The predicted molar refractivity (Wildman–Crippen MR) is 71.1 cm³/mol. The SMILES string of the molecule is NC1(N(O)c2nc3ncncc3[nH]2)N=CN=C2N=NN=C21. The highest BCUT2D eigenvalue weighted by molar-refractivity contribution is 6.47. The van der Waals surface area contributed by atoms with E-state index in [1.165, 1.54) is 18.9 Å². The van der Waals surface area contributed by atoms with Crippen molar-refractivity contribution in [2.24, 2.45) is 31.2 Å². The number of nitrogens with zero attached hydrogens (tertiary/aromatic N) is 9. The Hall–Kier alpha value is -3.12. The van der Waals surface area contributed by atoms with E-state index in [0.717, 1.165) is 0 Å². The van der Waals surface area contributed by atoms with Crippen LogP contribution in [0.25, 0.3) is 11.2 Å². The van der Waals surface area contributed by atoms with E-state index >= 15 is 0 Å². The van der Waals surface area contributed by atoms with Crippen molar-refractivity contribution >= 4 is 35.0 Å². The molecule has 0 saturated carbocycles. The molecule has 12 nitrogen and oxygen atoms in total. The largest absolute Gasteiger partial charge is 0.319 e. The Morgan fingerprint density at radius 1 is 1.38 bits per heavy atom. The van der Waals surface area contributed by atoms with Crippen LogP contribution in [0, 0.1) is 0 Å². The highest BCUT2D eigenvalue weighted by Gasteiger charge is 2.45. The van der Waals surface area contributed by atoms with Gasteiger partial charge in [0.1, 0.15) is 18.2 Å². The Balaban J connectivity index is 1.79. The first-order valence-electron chi connectivity index (χ1n) is 5.73. The van der Waals surface area contributed by atoms with Gasteiger partial charge >= 0.3 is 0 Å². The zero-order chi connectivity index (χ0) is 14.4. The first kappa shape index (κ1) is 11.7. The normalized spacial score (nSPS) is 23.1. The molecule has 0 aromatic carbocycles. The number of hydrogen-bond acceptors (Lipinski definition) is 11. The number of hydroxylamine groups is 1. The molecule has 0 spiro atoms. The zero-order valence-corrected chi connectivity index (χ0v) is 10.3. The van der Waals surface area contributed by atoms with Gasteiger partial charge in [0, 0.05) is 0 Å². The molecule has 4 rings (SSSR count). The second-order valence-electron chi connectivity index (χ2n) is 4.19. The second-order valence-corrected chi connectivity index (χ2v) is 4.19. The van der Waals surface area contributed by atoms with E-state index in [-0.39, 0.29) is 17.5 Å². The van der Waals surface area contributed by atoms with Crippen LogP contribution in [0.3, 0.4) is 0 Å². The van der Waals surface area contributed by atoms with Crippen LogP contribution in [0.4, 0.5) is 5.95 Å². The first-order valence-corrected chi connectivity index (χ1v) is 5.73. The van der Waals surface area contributed by atoms with Crippen LogP contribution in [0.15, 0.2) is 37.9 Å². The Morgan fingerprint density at radius 3 is 3.14 bits per heavy atom. The third-order valence-electron chi connectivity index (χ3n) is 2.95. The van der Waals surface area contributed by atoms with E-state index < -0.39 is 5.79 Å². The highest BCUT2D eigenvalue weighted by Crippen LogP contribution is 2.24. The maximum atomic E-state index is 10.4. The monoisotopic (exact) mass is 285 g/mol. The number of imidazole rings is 1. The molecule has 0 saturated heterocycles. The van der Waals surface area contributed by atoms with E-state index in [1.807, 2.05) is 0 Å². The van der Waals surface area contributed by atoms with Crippen LogP contribution in [0.2, 0.25) is 0 Å². The van der Waals surface area contributed by atoms with Gasteiger partial charge < -0.3 is 4.98 Å². The van der Waals surface area contributed by atoms with Crippen LogP contribution in [0.5, 0.6) is 0 Å². The average Bonchev–Trinajstić information content (AvgIpc) is 3.13. The lowest BCUT2D eigenvalue weighted by Gasteiger charge is -2.32. The number of nitrogens with two attached hydrogens (primary N) is 1. The summed E-state index contributed by atoms with van der Waals surface area (Å²) in [6.45, 7) is 0. The standard InChI is InChI=1S/C9H7N11O/c10-9(5-7(13-3-14-9)18-19-17-5)20(21)8-15-4-1-11-2-12-6(4)16-8/h1-3,21H,10H2,(H,11,12,15,16). The molecule has 2 aromatic heterocycles. The molecule has 0 radical (unpaired) electrons. The van der Waals surface area contributed by atoms with Gasteiger partial charge in [0.15, 0.2) is 11.4 Å². The van der Waals surface area contributed by atoms with Crippen molar-refractivity contribution in [3.8, 4) is 0 Å². The van der Waals surface area contributed by atoms with Gasteiger partial charge in [-0.2, -0.15) is 10.0 Å². The lowest BCUT2D eigenvalue weighted by atomic mass is 10.1. The number of H-pyrrole nitrogens is 1. The summed E-state index contributed by atoms with van der Waals surface area (Å²) in [7, 11) is 0. The molecule has 4 N–H and O–H groups in total. The van der Waals surface area contributed by atoms with Crippen molar-refractivity contribution in [2.45, 2.75) is 5.79 Å². The molecular formula is C9H7N11O. The molecule has 0 bridgehead atoms. The van der Waals surface area contributed by atoms with E-state index in [4.69, 9.17) is 5.73 Å². The van der Waals surface area contributed by atoms with Gasteiger partial charge in [-0.15, -0.1) is 10.2 Å². The molecule has 4 heterocycles. The lowest BCUT2D eigenvalue weighted by Crippen LogP contribution is -2.62. The molecule has 0 amide bonds. The Bertz CT molecular complexity index is 815. The molecule has 1 atom stereocenters. The van der Waals surface area contributed by atoms with Gasteiger partial charge in [0.2, 0.25) is 11.8 Å². The molecular weight excluding hydrogens is 278 g/mol. The van der Waals surface area contributed by atoms with Gasteiger partial charge in [-0.3, -0.25) is 10.9 Å². The van der Waals surface area contributed by atoms with Crippen LogP contribution in [-0.4, -0.2) is 48.8 Å². The van der Waals surface area contributed by atoms with Gasteiger partial charge in [-0.1, -0.05) is 0 Å². The fourth-order valence-corrected chi connectivity index (χ4v) is 1.93. The number of amidine groups is 1. The number of aromatic amines is 1. The highest BCUT2D eigenvalue weighted by atomic mass is 16.5. The summed E-state index contributed by atoms with van der Waals surface area (Å²) in [6, 6.07) is 0. The Kier molecular flexibility index (Phi) is 2.19. The number of rotatable bonds is 2. The summed E-state index contributed by atoms with van der Waals surface area (Å²) >= 11 is 0. The molecule has 1 unspecified atom stereocenters. The van der Waals surface area contributed by atoms with E-state index in [2.05, 4.69) is 45.4 Å². The van der Waals surface area contributed by atoms with Crippen molar-refractivity contribution < 1.29 is 5.21 Å². The minimum atomic E-state index is -1.73. The minimum absolute atomic E-state index is 0.0287. The van der Waals surface area contributed by atoms with Crippen LogP contribution < -0.4 is 10.8 Å². The topological polar surface area (TPSA) is 166 Å². The summed E-state index contributed by atoms with van der Waals surface area (Å²) in [5.74, 6) is -1.52. The number of aliphatic imine (C=N–C) groups is 2. The summed E-state index contributed by atoms with van der Waals surface area (Å²) < 4.78 is 0. The van der Waals surface area contributed by atoms with Crippen LogP contribution in [0.1, 0.15) is 0 Å². The fourth-order valence-electron chi connectivity index (χ4n) is 1.93. The fraction of sp³-hybridized carbons (Fsp3) is 0.111. The molecule has 21 heavy (non-hydrogen) atoms. The predicted octanol–water partition coefficient (Wildman–Crippen LogP) is -0.577. The van der Waals surface area contributed by atoms with Gasteiger partial charge in [0.05, 0.1) is 6.20 Å². The molecule has 104 valence electrons. The maximum Gasteiger partial charge on any atom is 0.261 e. The quantitative estimate of drug-likeness (QED) is 0.493. The van der Waals surface area contributed by atoms with Crippen molar-refractivity contribution in [1.82, 2.24) is 19.9 Å². The summed E-state index contributed by atoms with van der Waals surface area (Å²) in [6.07, 6.45) is 4.03. The Morgan fingerprint density at radius 2 is 2.29 bits per heavy atom. The third kappa shape index (κ3) is 1.56. The van der Waals surface area contributed by atoms with Gasteiger partial charge in [-0.25, -0.2) is 20.0 Å². The van der Waals surface area contributed by atoms with Crippen molar-refractivity contribution in [3.05, 3.63) is 12.5 Å². The first-order chi connectivity index (χ1) is 10.2. The van der Waals surface area contributed by atoms with Crippen LogP contribution >= 0.6 is 0 Å². The molecule has 2 aliphatic heterocycles. The maximum absolute atomic E-state index is 10.4.